The van der Waals surface area contributed by atoms with Crippen LogP contribution in [0.2, 0.25) is 0 Å². The minimum atomic E-state index is -3.66. The molecule has 0 aliphatic carbocycles. The number of likely N-dealkylation sites (tertiary alicyclic amines) is 1. The van der Waals surface area contributed by atoms with Gasteiger partial charge in [-0.2, -0.15) is 0 Å². The number of carbonyl (C=O) groups is 1. The third-order valence-electron chi connectivity index (χ3n) is 6.22. The summed E-state index contributed by atoms with van der Waals surface area (Å²) in [6.45, 7) is 4.96. The minimum absolute atomic E-state index is 0.136. The largest absolute Gasteiger partial charge is 0.349 e. The highest BCUT2D eigenvalue weighted by Gasteiger charge is 2.21. The van der Waals surface area contributed by atoms with Gasteiger partial charge < -0.3 is 5.32 Å². The summed E-state index contributed by atoms with van der Waals surface area (Å²) >= 11 is 0. The molecule has 182 valence electrons. The van der Waals surface area contributed by atoms with E-state index in [-0.39, 0.29) is 11.9 Å². The quantitative estimate of drug-likeness (QED) is 0.476. The van der Waals surface area contributed by atoms with Gasteiger partial charge in [0.05, 0.1) is 5.41 Å². The van der Waals surface area contributed by atoms with Crippen molar-refractivity contribution in [1.82, 2.24) is 10.2 Å². The first kappa shape index (κ1) is 24.7. The van der Waals surface area contributed by atoms with Crippen LogP contribution in [0.1, 0.15) is 39.9 Å². The summed E-state index contributed by atoms with van der Waals surface area (Å²) in [6, 6.07) is 24.3. The number of sulfonamides is 1. The molecule has 1 saturated heterocycles. The maximum absolute atomic E-state index is 12.7. The summed E-state index contributed by atoms with van der Waals surface area (Å²) < 4.78 is 27.2. The van der Waals surface area contributed by atoms with Crippen LogP contribution in [0.4, 0.5) is 5.69 Å². The second-order valence-corrected chi connectivity index (χ2v) is 10.5. The lowest BCUT2D eigenvalue weighted by molar-refractivity contribution is 0.0909. The smallest absolute Gasteiger partial charge is 0.255 e. The van der Waals surface area contributed by atoms with Crippen molar-refractivity contribution in [2.24, 2.45) is 0 Å². The van der Waals surface area contributed by atoms with Gasteiger partial charge in [-0.1, -0.05) is 54.6 Å². The van der Waals surface area contributed by atoms with Crippen LogP contribution < -0.4 is 10.0 Å². The number of benzene rings is 3. The van der Waals surface area contributed by atoms with E-state index in [0.29, 0.717) is 11.3 Å². The Morgan fingerprint density at radius 2 is 1.60 bits per heavy atom. The summed E-state index contributed by atoms with van der Waals surface area (Å²) in [5, 5.41) is 4.26. The molecule has 7 heteroatoms. The third kappa shape index (κ3) is 7.28. The number of piperidine rings is 1. The van der Waals surface area contributed by atoms with E-state index >= 15 is 0 Å². The molecule has 1 aliphatic heterocycles. The maximum atomic E-state index is 12.7. The van der Waals surface area contributed by atoms with E-state index in [4.69, 9.17) is 0 Å². The molecule has 4 rings (SSSR count). The summed E-state index contributed by atoms with van der Waals surface area (Å²) in [5.41, 5.74) is 4.37. The van der Waals surface area contributed by atoms with E-state index in [1.165, 1.54) is 17.2 Å². The van der Waals surface area contributed by atoms with Crippen LogP contribution in [0, 0.1) is 6.92 Å². The Labute approximate surface area is 207 Å². The van der Waals surface area contributed by atoms with E-state index in [9.17, 15) is 13.2 Å². The Hall–Kier alpha value is -3.42. The first-order valence-electron chi connectivity index (χ1n) is 11.8. The van der Waals surface area contributed by atoms with Gasteiger partial charge >= 0.3 is 0 Å². The molecular weight excluding hydrogens is 458 g/mol. The maximum Gasteiger partial charge on any atom is 0.255 e. The van der Waals surface area contributed by atoms with Crippen LogP contribution in [0.25, 0.3) is 6.08 Å². The predicted molar refractivity (Wildman–Crippen MR) is 141 cm³/mol. The summed E-state index contributed by atoms with van der Waals surface area (Å²) in [5.74, 6) is -0.138. The standard InChI is InChI=1S/C28H31N3O3S/c1-22-7-5-6-10-25(22)21-31-18-15-26(16-19-31)29-28(32)24-11-13-27(14-12-24)30-35(33,34)20-17-23-8-3-2-4-9-23/h2-14,17,20,26,30H,15-16,18-19,21H2,1H3,(H,29,32). The van der Waals surface area contributed by atoms with E-state index in [1.54, 1.807) is 24.3 Å². The number of amides is 1. The zero-order chi connectivity index (χ0) is 24.7. The highest BCUT2D eigenvalue weighted by atomic mass is 32.2. The van der Waals surface area contributed by atoms with Crippen LogP contribution in [-0.4, -0.2) is 38.4 Å². The fraction of sp³-hybridized carbons (Fsp3) is 0.250. The van der Waals surface area contributed by atoms with Gasteiger partial charge in [0, 0.05) is 36.9 Å². The van der Waals surface area contributed by atoms with Crippen LogP contribution in [0.15, 0.2) is 84.3 Å². The first-order valence-corrected chi connectivity index (χ1v) is 13.4. The number of nitrogens with zero attached hydrogens (tertiary/aromatic N) is 1. The Bertz CT molecular complexity index is 1260. The Balaban J connectivity index is 1.26. The number of carbonyl (C=O) groups excluding carboxylic acids is 1. The zero-order valence-electron chi connectivity index (χ0n) is 19.9. The van der Waals surface area contributed by atoms with Gasteiger partial charge in [-0.15, -0.1) is 0 Å². The van der Waals surface area contributed by atoms with Crippen LogP contribution >= 0.6 is 0 Å². The lowest BCUT2D eigenvalue weighted by atomic mass is 10.0. The molecule has 1 fully saturated rings. The molecule has 35 heavy (non-hydrogen) atoms. The number of anilines is 1. The molecule has 0 unspecified atom stereocenters. The van der Waals surface area contributed by atoms with Crippen molar-refractivity contribution < 1.29 is 13.2 Å². The second-order valence-electron chi connectivity index (χ2n) is 8.89. The van der Waals surface area contributed by atoms with E-state index in [2.05, 4.69) is 46.1 Å². The molecule has 1 amide bonds. The normalized spacial score (nSPS) is 15.2. The average molecular weight is 490 g/mol. The van der Waals surface area contributed by atoms with Crippen molar-refractivity contribution in [2.75, 3.05) is 17.8 Å². The molecule has 0 aromatic heterocycles. The Kier molecular flexibility index (Phi) is 8.00. The summed E-state index contributed by atoms with van der Waals surface area (Å²) in [4.78, 5) is 15.1. The van der Waals surface area contributed by atoms with Crippen molar-refractivity contribution in [3.8, 4) is 0 Å². The predicted octanol–water partition coefficient (Wildman–Crippen LogP) is 4.80. The third-order valence-corrected chi connectivity index (χ3v) is 7.24. The molecule has 1 aliphatic rings. The molecule has 3 aromatic carbocycles. The number of hydrogen-bond acceptors (Lipinski definition) is 4. The van der Waals surface area contributed by atoms with Crippen molar-refractivity contribution in [3.05, 3.63) is 107 Å². The van der Waals surface area contributed by atoms with E-state index in [0.717, 1.165) is 43.4 Å². The average Bonchev–Trinajstić information content (AvgIpc) is 2.86. The first-order chi connectivity index (χ1) is 16.9. The highest BCUT2D eigenvalue weighted by molar-refractivity contribution is 7.95. The fourth-order valence-electron chi connectivity index (χ4n) is 4.15. The van der Waals surface area contributed by atoms with Crippen LogP contribution in [-0.2, 0) is 16.6 Å². The molecule has 1 heterocycles. The number of aryl methyl sites for hydroxylation is 1. The molecule has 2 N–H and O–H groups in total. The van der Waals surface area contributed by atoms with Gasteiger partial charge in [-0.05, 0) is 66.8 Å². The van der Waals surface area contributed by atoms with Crippen LogP contribution in [0.3, 0.4) is 0 Å². The number of hydrogen-bond donors (Lipinski definition) is 2. The Morgan fingerprint density at radius 1 is 0.943 bits per heavy atom. The SMILES string of the molecule is Cc1ccccc1CN1CCC(NC(=O)c2ccc(NS(=O)(=O)C=Cc3ccccc3)cc2)CC1. The lowest BCUT2D eigenvalue weighted by Gasteiger charge is -2.32. The monoisotopic (exact) mass is 489 g/mol. The zero-order valence-corrected chi connectivity index (χ0v) is 20.7. The number of nitrogens with one attached hydrogen (secondary N) is 2. The van der Waals surface area contributed by atoms with Crippen molar-refractivity contribution in [1.29, 1.82) is 0 Å². The van der Waals surface area contributed by atoms with Gasteiger partial charge in [0.15, 0.2) is 0 Å². The van der Waals surface area contributed by atoms with Gasteiger partial charge in [0.25, 0.3) is 15.9 Å². The number of rotatable bonds is 8. The summed E-state index contributed by atoms with van der Waals surface area (Å²) in [7, 11) is -3.66. The molecule has 0 radical (unpaired) electrons. The van der Waals surface area contributed by atoms with Gasteiger partial charge in [0.2, 0.25) is 0 Å². The van der Waals surface area contributed by atoms with Gasteiger partial charge in [0.1, 0.15) is 0 Å². The van der Waals surface area contributed by atoms with Crippen molar-refractivity contribution >= 4 is 27.7 Å². The van der Waals surface area contributed by atoms with E-state index < -0.39 is 10.0 Å². The molecule has 0 saturated carbocycles. The molecule has 0 bridgehead atoms. The molecule has 3 aromatic rings. The Morgan fingerprint density at radius 3 is 2.29 bits per heavy atom. The minimum Gasteiger partial charge on any atom is -0.349 e. The van der Waals surface area contributed by atoms with Gasteiger partial charge in [-0.25, -0.2) is 8.42 Å². The topological polar surface area (TPSA) is 78.5 Å². The molecular formula is C28H31N3O3S. The van der Waals surface area contributed by atoms with Crippen molar-refractivity contribution in [3.63, 3.8) is 0 Å². The molecule has 0 atom stereocenters. The lowest BCUT2D eigenvalue weighted by Crippen LogP contribution is -2.44. The second kappa shape index (κ2) is 11.3. The molecule has 6 nitrogen and oxygen atoms in total. The molecule has 0 spiro atoms. The fourth-order valence-corrected chi connectivity index (χ4v) is 5.02. The van der Waals surface area contributed by atoms with Gasteiger partial charge in [-0.3, -0.25) is 14.4 Å². The highest BCUT2D eigenvalue weighted by Crippen LogP contribution is 2.17. The summed E-state index contributed by atoms with van der Waals surface area (Å²) in [6.07, 6.45) is 3.35. The van der Waals surface area contributed by atoms with E-state index in [1.807, 2.05) is 30.3 Å². The van der Waals surface area contributed by atoms with Crippen LogP contribution in [0.5, 0.6) is 0 Å². The van der Waals surface area contributed by atoms with Crippen molar-refractivity contribution in [2.45, 2.75) is 32.4 Å².